The number of anilines is 1. The number of aryl methyl sites for hydroxylation is 1. The van der Waals surface area contributed by atoms with Crippen LogP contribution in [0.4, 0.5) is 5.82 Å². The highest BCUT2D eigenvalue weighted by molar-refractivity contribution is 5.48. The molecule has 1 fully saturated rings. The minimum Gasteiger partial charge on any atom is -0.370 e. The first-order valence-electron chi connectivity index (χ1n) is 7.48. The van der Waals surface area contributed by atoms with Crippen LogP contribution in [0.5, 0.6) is 0 Å². The zero-order valence-electron chi connectivity index (χ0n) is 12.0. The molecule has 19 heavy (non-hydrogen) atoms. The minimum atomic E-state index is -0.212. The maximum atomic E-state index is 5.73. The lowest BCUT2D eigenvalue weighted by Crippen LogP contribution is -2.38. The topological polar surface area (TPSA) is 47.0 Å². The quantitative estimate of drug-likeness (QED) is 0.905. The fraction of sp³-hybridized carbons (Fsp3) is 0.733. The molecule has 1 heterocycles. The number of fused-ring (bicyclic) bond motifs is 1. The summed E-state index contributed by atoms with van der Waals surface area (Å²) >= 11 is 0. The van der Waals surface area contributed by atoms with E-state index in [0.717, 1.165) is 43.9 Å². The lowest BCUT2D eigenvalue weighted by molar-refractivity contribution is -0.0847. The van der Waals surface area contributed by atoms with E-state index >= 15 is 0 Å². The van der Waals surface area contributed by atoms with Crippen LogP contribution in [-0.2, 0) is 23.2 Å². The van der Waals surface area contributed by atoms with Crippen LogP contribution in [0.2, 0.25) is 0 Å². The van der Waals surface area contributed by atoms with Crippen LogP contribution >= 0.6 is 0 Å². The maximum absolute atomic E-state index is 5.73. The van der Waals surface area contributed by atoms with Crippen LogP contribution in [0.25, 0.3) is 0 Å². The van der Waals surface area contributed by atoms with Crippen LogP contribution in [0.1, 0.15) is 56.1 Å². The molecule has 104 valence electrons. The third-order valence-electron chi connectivity index (χ3n) is 4.49. The van der Waals surface area contributed by atoms with Gasteiger partial charge >= 0.3 is 0 Å². The van der Waals surface area contributed by atoms with Gasteiger partial charge in [-0.2, -0.15) is 0 Å². The van der Waals surface area contributed by atoms with E-state index in [-0.39, 0.29) is 5.60 Å². The molecular weight excluding hydrogens is 238 g/mol. The van der Waals surface area contributed by atoms with Crippen molar-refractivity contribution in [2.75, 3.05) is 19.0 Å². The molecule has 0 unspecified atom stereocenters. The van der Waals surface area contributed by atoms with E-state index in [9.17, 15) is 0 Å². The Labute approximate surface area is 115 Å². The molecule has 4 heteroatoms. The third-order valence-corrected chi connectivity index (χ3v) is 4.49. The molecule has 1 aromatic heterocycles. The van der Waals surface area contributed by atoms with Gasteiger partial charge in [-0.15, -0.1) is 0 Å². The summed E-state index contributed by atoms with van der Waals surface area (Å²) < 4.78 is 5.73. The summed E-state index contributed by atoms with van der Waals surface area (Å²) in [7, 11) is 1.79. The van der Waals surface area contributed by atoms with Crippen molar-refractivity contribution in [3.8, 4) is 0 Å². The van der Waals surface area contributed by atoms with Crippen molar-refractivity contribution in [1.29, 1.82) is 0 Å². The largest absolute Gasteiger partial charge is 0.370 e. The highest BCUT2D eigenvalue weighted by Crippen LogP contribution is 2.43. The van der Waals surface area contributed by atoms with E-state index in [2.05, 4.69) is 12.2 Å². The van der Waals surface area contributed by atoms with Crippen molar-refractivity contribution in [1.82, 2.24) is 9.97 Å². The molecule has 0 atom stereocenters. The highest BCUT2D eigenvalue weighted by atomic mass is 16.5. The molecule has 0 aliphatic heterocycles. The van der Waals surface area contributed by atoms with E-state index in [4.69, 9.17) is 14.7 Å². The van der Waals surface area contributed by atoms with Gasteiger partial charge in [-0.3, -0.25) is 0 Å². The molecule has 3 rings (SSSR count). The van der Waals surface area contributed by atoms with Crippen LogP contribution in [-0.4, -0.2) is 23.6 Å². The second kappa shape index (κ2) is 5.08. The number of nitrogens with zero attached hydrogens (tertiary/aromatic N) is 2. The molecule has 0 spiro atoms. The molecule has 0 bridgehead atoms. The summed E-state index contributed by atoms with van der Waals surface area (Å²) in [5.41, 5.74) is 2.37. The molecule has 0 aromatic carbocycles. The molecule has 0 saturated heterocycles. The third kappa shape index (κ3) is 2.12. The predicted octanol–water partition coefficient (Wildman–Crippen LogP) is 2.81. The van der Waals surface area contributed by atoms with Crippen LogP contribution in [0.15, 0.2) is 0 Å². The lowest BCUT2D eigenvalue weighted by Gasteiger charge is -2.39. The van der Waals surface area contributed by atoms with Gasteiger partial charge in [-0.1, -0.05) is 0 Å². The van der Waals surface area contributed by atoms with Gasteiger partial charge in [0, 0.05) is 24.9 Å². The lowest BCUT2D eigenvalue weighted by atomic mass is 9.79. The van der Waals surface area contributed by atoms with Gasteiger partial charge in [-0.05, 0) is 51.9 Å². The molecule has 2 aliphatic rings. The first-order valence-corrected chi connectivity index (χ1v) is 7.48. The van der Waals surface area contributed by atoms with Crippen molar-refractivity contribution < 1.29 is 4.74 Å². The molecule has 0 amide bonds. The summed E-state index contributed by atoms with van der Waals surface area (Å²) in [5.74, 6) is 1.95. The average molecular weight is 261 g/mol. The molecule has 1 saturated carbocycles. The van der Waals surface area contributed by atoms with E-state index in [1.807, 2.05) is 0 Å². The van der Waals surface area contributed by atoms with Crippen LogP contribution < -0.4 is 5.32 Å². The molecule has 1 aromatic rings. The number of hydrogen-bond acceptors (Lipinski definition) is 4. The summed E-state index contributed by atoms with van der Waals surface area (Å²) in [6.07, 6.45) is 8.01. The fourth-order valence-corrected chi connectivity index (χ4v) is 3.13. The van der Waals surface area contributed by atoms with E-state index in [1.54, 1.807) is 7.11 Å². The summed E-state index contributed by atoms with van der Waals surface area (Å²) in [6, 6.07) is 0. The Morgan fingerprint density at radius 2 is 1.95 bits per heavy atom. The Morgan fingerprint density at radius 3 is 2.58 bits per heavy atom. The zero-order chi connectivity index (χ0) is 13.3. The molecule has 0 radical (unpaired) electrons. The summed E-state index contributed by atoms with van der Waals surface area (Å²) in [6.45, 7) is 3.02. The van der Waals surface area contributed by atoms with Crippen LogP contribution in [0, 0.1) is 0 Å². The smallest absolute Gasteiger partial charge is 0.162 e. The molecule has 4 nitrogen and oxygen atoms in total. The van der Waals surface area contributed by atoms with E-state index in [0.29, 0.717) is 0 Å². The van der Waals surface area contributed by atoms with Crippen molar-refractivity contribution in [3.05, 3.63) is 17.1 Å². The Hall–Kier alpha value is -1.16. The second-order valence-corrected chi connectivity index (χ2v) is 5.61. The first-order chi connectivity index (χ1) is 9.29. The molecular formula is C15H23N3O. The first kappa shape index (κ1) is 12.9. The normalized spacial score (nSPS) is 20.5. The summed E-state index contributed by atoms with van der Waals surface area (Å²) in [5, 5.41) is 3.41. The van der Waals surface area contributed by atoms with Crippen molar-refractivity contribution in [2.24, 2.45) is 0 Å². The van der Waals surface area contributed by atoms with Gasteiger partial charge in [0.05, 0.1) is 0 Å². The Kier molecular flexibility index (Phi) is 3.44. The predicted molar refractivity (Wildman–Crippen MR) is 75.4 cm³/mol. The van der Waals surface area contributed by atoms with Gasteiger partial charge < -0.3 is 10.1 Å². The Bertz CT molecular complexity index is 463. The van der Waals surface area contributed by atoms with E-state index in [1.165, 1.54) is 30.5 Å². The van der Waals surface area contributed by atoms with Crippen LogP contribution in [0.3, 0.4) is 0 Å². The number of hydrogen-bond donors (Lipinski definition) is 1. The SMILES string of the molecule is CCNc1nc(C2(OC)CCC2)nc2c1CCCC2. The number of ether oxygens (including phenoxy) is 1. The summed E-state index contributed by atoms with van der Waals surface area (Å²) in [4.78, 5) is 9.64. The zero-order valence-corrected chi connectivity index (χ0v) is 12.0. The Morgan fingerprint density at radius 1 is 1.16 bits per heavy atom. The van der Waals surface area contributed by atoms with Crippen molar-refractivity contribution in [3.63, 3.8) is 0 Å². The van der Waals surface area contributed by atoms with E-state index < -0.39 is 0 Å². The number of nitrogens with one attached hydrogen (secondary N) is 1. The van der Waals surface area contributed by atoms with Gasteiger partial charge in [-0.25, -0.2) is 9.97 Å². The van der Waals surface area contributed by atoms with Crippen molar-refractivity contribution in [2.45, 2.75) is 57.5 Å². The number of methoxy groups -OCH3 is 1. The monoisotopic (exact) mass is 261 g/mol. The van der Waals surface area contributed by atoms with Gasteiger partial charge in [0.15, 0.2) is 5.82 Å². The highest BCUT2D eigenvalue weighted by Gasteiger charge is 2.42. The molecule has 1 N–H and O–H groups in total. The minimum absolute atomic E-state index is 0.212. The fourth-order valence-electron chi connectivity index (χ4n) is 3.13. The average Bonchev–Trinajstić information content (AvgIpc) is 2.38. The van der Waals surface area contributed by atoms with Gasteiger partial charge in [0.2, 0.25) is 0 Å². The number of aromatic nitrogens is 2. The second-order valence-electron chi connectivity index (χ2n) is 5.61. The maximum Gasteiger partial charge on any atom is 0.162 e. The molecule has 2 aliphatic carbocycles. The standard InChI is InChI=1S/C15H23N3O/c1-3-16-13-11-7-4-5-8-12(11)17-14(18-13)15(19-2)9-6-10-15/h3-10H2,1-2H3,(H,16,17,18). The number of rotatable bonds is 4. The van der Waals surface area contributed by atoms with Crippen molar-refractivity contribution >= 4 is 5.82 Å². The van der Waals surface area contributed by atoms with Gasteiger partial charge in [0.25, 0.3) is 0 Å². The van der Waals surface area contributed by atoms with Gasteiger partial charge in [0.1, 0.15) is 11.4 Å². The Balaban J connectivity index is 2.03.